The number of hydroxylamine groups is 1. The van der Waals surface area contributed by atoms with E-state index in [-0.39, 0.29) is 24.8 Å². The maximum atomic E-state index is 11.4. The van der Waals surface area contributed by atoms with Gasteiger partial charge in [-0.3, -0.25) is 14.8 Å². The van der Waals surface area contributed by atoms with Crippen LogP contribution in [0.4, 0.5) is 0 Å². The summed E-state index contributed by atoms with van der Waals surface area (Å²) in [6.07, 6.45) is 1.70. The van der Waals surface area contributed by atoms with Gasteiger partial charge in [-0.15, -0.1) is 0 Å². The van der Waals surface area contributed by atoms with Crippen LogP contribution in [-0.4, -0.2) is 23.6 Å². The van der Waals surface area contributed by atoms with Crippen molar-refractivity contribution in [1.82, 2.24) is 10.8 Å². The topological polar surface area (TPSA) is 78.4 Å². The Hall–Kier alpha value is -1.10. The van der Waals surface area contributed by atoms with Crippen LogP contribution in [0.2, 0.25) is 0 Å². The van der Waals surface area contributed by atoms with Crippen molar-refractivity contribution in [2.75, 3.05) is 6.54 Å². The molecule has 0 radical (unpaired) electrons. The van der Waals surface area contributed by atoms with Crippen LogP contribution < -0.4 is 10.8 Å². The van der Waals surface area contributed by atoms with Crippen LogP contribution in [0, 0.1) is 5.92 Å². The SMILES string of the molecule is CCC(CC)C(=O)NCCC(=O)NO. The molecule has 14 heavy (non-hydrogen) atoms. The standard InChI is InChI=1S/C9H18N2O3/c1-3-7(4-2)9(13)10-6-5-8(12)11-14/h7,14H,3-6H2,1-2H3,(H,10,13)(H,11,12). The normalized spacial score (nSPS) is 10.0. The van der Waals surface area contributed by atoms with Gasteiger partial charge in [0.1, 0.15) is 0 Å². The van der Waals surface area contributed by atoms with E-state index in [1.54, 1.807) is 0 Å². The Morgan fingerprint density at radius 3 is 2.29 bits per heavy atom. The smallest absolute Gasteiger partial charge is 0.245 e. The fraction of sp³-hybridized carbons (Fsp3) is 0.778. The number of amides is 2. The predicted octanol–water partition coefficient (Wildman–Crippen LogP) is 0.434. The lowest BCUT2D eigenvalue weighted by Crippen LogP contribution is -2.33. The first kappa shape index (κ1) is 12.9. The van der Waals surface area contributed by atoms with E-state index < -0.39 is 5.91 Å². The molecule has 0 unspecified atom stereocenters. The van der Waals surface area contributed by atoms with Gasteiger partial charge in [0.05, 0.1) is 0 Å². The first-order chi connectivity index (χ1) is 6.65. The molecule has 0 aromatic carbocycles. The van der Waals surface area contributed by atoms with Gasteiger partial charge in [-0.25, -0.2) is 5.48 Å². The van der Waals surface area contributed by atoms with Crippen LogP contribution in [0.1, 0.15) is 33.1 Å². The van der Waals surface area contributed by atoms with Crippen molar-refractivity contribution >= 4 is 11.8 Å². The van der Waals surface area contributed by atoms with Crippen molar-refractivity contribution < 1.29 is 14.8 Å². The molecule has 82 valence electrons. The molecule has 5 heteroatoms. The molecule has 0 heterocycles. The fourth-order valence-electron chi connectivity index (χ4n) is 1.16. The molecule has 0 spiro atoms. The second-order valence-corrected chi connectivity index (χ2v) is 3.09. The number of rotatable bonds is 6. The zero-order valence-corrected chi connectivity index (χ0v) is 8.67. The summed E-state index contributed by atoms with van der Waals surface area (Å²) in [7, 11) is 0. The van der Waals surface area contributed by atoms with Crippen LogP contribution in [-0.2, 0) is 9.59 Å². The van der Waals surface area contributed by atoms with Gasteiger partial charge in [0.25, 0.3) is 0 Å². The molecule has 3 N–H and O–H groups in total. The van der Waals surface area contributed by atoms with Crippen molar-refractivity contribution in [3.63, 3.8) is 0 Å². The minimum Gasteiger partial charge on any atom is -0.355 e. The van der Waals surface area contributed by atoms with Gasteiger partial charge >= 0.3 is 0 Å². The molecule has 0 bridgehead atoms. The second kappa shape index (κ2) is 7.32. The van der Waals surface area contributed by atoms with Crippen molar-refractivity contribution in [2.24, 2.45) is 5.92 Å². The Kier molecular flexibility index (Phi) is 6.74. The molecule has 0 fully saturated rings. The van der Waals surface area contributed by atoms with Gasteiger partial charge in [0.15, 0.2) is 0 Å². The summed E-state index contributed by atoms with van der Waals surface area (Å²) < 4.78 is 0. The Bertz CT molecular complexity index is 190. The summed E-state index contributed by atoms with van der Waals surface area (Å²) >= 11 is 0. The number of hydrogen-bond acceptors (Lipinski definition) is 3. The van der Waals surface area contributed by atoms with Crippen LogP contribution in [0.15, 0.2) is 0 Å². The Labute approximate surface area is 83.8 Å². The molecule has 0 aliphatic heterocycles. The minimum absolute atomic E-state index is 0.0205. The highest BCUT2D eigenvalue weighted by atomic mass is 16.5. The summed E-state index contributed by atoms with van der Waals surface area (Å²) in [6, 6.07) is 0. The molecule has 0 atom stereocenters. The number of hydrogen-bond donors (Lipinski definition) is 3. The van der Waals surface area contributed by atoms with E-state index in [2.05, 4.69) is 5.32 Å². The first-order valence-electron chi connectivity index (χ1n) is 4.86. The molecular weight excluding hydrogens is 184 g/mol. The quantitative estimate of drug-likeness (QED) is 0.432. The number of nitrogens with one attached hydrogen (secondary N) is 2. The van der Waals surface area contributed by atoms with Gasteiger partial charge in [0.2, 0.25) is 11.8 Å². The average molecular weight is 202 g/mol. The van der Waals surface area contributed by atoms with E-state index in [0.29, 0.717) is 0 Å². The fourth-order valence-corrected chi connectivity index (χ4v) is 1.16. The molecule has 2 amide bonds. The molecule has 0 aliphatic rings. The molecule has 0 saturated heterocycles. The third kappa shape index (κ3) is 4.81. The van der Waals surface area contributed by atoms with Crippen molar-refractivity contribution in [3.8, 4) is 0 Å². The van der Waals surface area contributed by atoms with Crippen molar-refractivity contribution in [3.05, 3.63) is 0 Å². The lowest BCUT2D eigenvalue weighted by Gasteiger charge is -2.11. The Morgan fingerprint density at radius 2 is 1.86 bits per heavy atom. The lowest BCUT2D eigenvalue weighted by molar-refractivity contribution is -0.129. The third-order valence-electron chi connectivity index (χ3n) is 2.13. The van der Waals surface area contributed by atoms with E-state index >= 15 is 0 Å². The summed E-state index contributed by atoms with van der Waals surface area (Å²) in [4.78, 5) is 22.0. The second-order valence-electron chi connectivity index (χ2n) is 3.09. The molecule has 0 saturated carbocycles. The molecular formula is C9H18N2O3. The zero-order valence-electron chi connectivity index (χ0n) is 8.67. The maximum Gasteiger partial charge on any atom is 0.245 e. The Morgan fingerprint density at radius 1 is 1.29 bits per heavy atom. The van der Waals surface area contributed by atoms with E-state index in [9.17, 15) is 9.59 Å². The molecule has 0 aliphatic carbocycles. The van der Waals surface area contributed by atoms with Crippen LogP contribution >= 0.6 is 0 Å². The molecule has 0 aromatic rings. The van der Waals surface area contributed by atoms with Gasteiger partial charge < -0.3 is 5.32 Å². The summed E-state index contributed by atoms with van der Waals surface area (Å²) in [6.45, 7) is 4.17. The van der Waals surface area contributed by atoms with E-state index in [4.69, 9.17) is 5.21 Å². The van der Waals surface area contributed by atoms with Crippen LogP contribution in [0.5, 0.6) is 0 Å². The van der Waals surface area contributed by atoms with Gasteiger partial charge in [0, 0.05) is 18.9 Å². The third-order valence-corrected chi connectivity index (χ3v) is 2.13. The summed E-state index contributed by atoms with van der Waals surface area (Å²) in [5.41, 5.74) is 1.51. The Balaban J connectivity index is 3.67. The monoisotopic (exact) mass is 202 g/mol. The number of carbonyl (C=O) groups is 2. The zero-order chi connectivity index (χ0) is 11.0. The van der Waals surface area contributed by atoms with E-state index in [0.717, 1.165) is 12.8 Å². The van der Waals surface area contributed by atoms with Gasteiger partial charge in [-0.05, 0) is 12.8 Å². The van der Waals surface area contributed by atoms with Gasteiger partial charge in [-0.1, -0.05) is 13.8 Å². The largest absolute Gasteiger partial charge is 0.355 e. The van der Waals surface area contributed by atoms with Crippen molar-refractivity contribution in [2.45, 2.75) is 33.1 Å². The highest BCUT2D eigenvalue weighted by molar-refractivity contribution is 5.80. The first-order valence-corrected chi connectivity index (χ1v) is 4.86. The van der Waals surface area contributed by atoms with Crippen LogP contribution in [0.3, 0.4) is 0 Å². The molecule has 0 rings (SSSR count). The van der Waals surface area contributed by atoms with Crippen molar-refractivity contribution in [1.29, 1.82) is 0 Å². The number of carbonyl (C=O) groups excluding carboxylic acids is 2. The minimum atomic E-state index is -0.491. The lowest BCUT2D eigenvalue weighted by atomic mass is 10.0. The summed E-state index contributed by atoms with van der Waals surface area (Å²) in [5.74, 6) is -0.497. The molecule has 0 aromatic heterocycles. The summed E-state index contributed by atoms with van der Waals surface area (Å²) in [5, 5.41) is 10.8. The average Bonchev–Trinajstić information content (AvgIpc) is 2.19. The van der Waals surface area contributed by atoms with Gasteiger partial charge in [-0.2, -0.15) is 0 Å². The predicted molar refractivity (Wildman–Crippen MR) is 51.6 cm³/mol. The highest BCUT2D eigenvalue weighted by Crippen LogP contribution is 2.06. The molecule has 5 nitrogen and oxygen atoms in total. The van der Waals surface area contributed by atoms with E-state index in [1.165, 1.54) is 5.48 Å². The highest BCUT2D eigenvalue weighted by Gasteiger charge is 2.13. The maximum absolute atomic E-state index is 11.4. The van der Waals surface area contributed by atoms with E-state index in [1.807, 2.05) is 13.8 Å². The van der Waals surface area contributed by atoms with Crippen LogP contribution in [0.25, 0.3) is 0 Å².